The molecule has 1 aromatic rings. The average Bonchev–Trinajstić information content (AvgIpc) is 2.29. The van der Waals surface area contributed by atoms with E-state index < -0.39 is 0 Å². The predicted molar refractivity (Wildman–Crippen MR) is 45.0 cm³/mol. The number of fused-ring (bicyclic) bond motifs is 1. The lowest BCUT2D eigenvalue weighted by atomic mass is 10.2. The van der Waals surface area contributed by atoms with Crippen LogP contribution in [0.5, 0.6) is 0 Å². The van der Waals surface area contributed by atoms with Crippen molar-refractivity contribution in [3.63, 3.8) is 0 Å². The average molecular weight is 183 g/mol. The topological polar surface area (TPSA) is 33.2 Å². The highest BCUT2D eigenvalue weighted by Crippen LogP contribution is 2.25. The number of carbonyl (C=O) groups excluding carboxylic acids is 1. The van der Waals surface area contributed by atoms with Crippen molar-refractivity contribution in [3.8, 4) is 0 Å². The number of halogens is 1. The first kappa shape index (κ1) is 7.55. The lowest BCUT2D eigenvalue weighted by Crippen LogP contribution is -2.17. The zero-order valence-corrected chi connectivity index (χ0v) is 7.30. The van der Waals surface area contributed by atoms with Crippen LogP contribution in [0.25, 0.3) is 0 Å². The molecule has 0 saturated carbocycles. The minimum absolute atomic E-state index is 0.0388. The van der Waals surface area contributed by atoms with E-state index in [2.05, 4.69) is 4.98 Å². The number of hydrogen-bond acceptors (Lipinski definition) is 2. The number of aromatic nitrogens is 1. The highest BCUT2D eigenvalue weighted by molar-refractivity contribution is 6.33. The van der Waals surface area contributed by atoms with Crippen LogP contribution in [-0.4, -0.2) is 22.8 Å². The highest BCUT2D eigenvalue weighted by Gasteiger charge is 2.27. The quantitative estimate of drug-likeness (QED) is 0.567. The van der Waals surface area contributed by atoms with Crippen molar-refractivity contribution in [1.82, 2.24) is 9.88 Å². The van der Waals surface area contributed by atoms with Gasteiger partial charge in [-0.2, -0.15) is 0 Å². The Bertz CT molecular complexity index is 351. The molecule has 2 rings (SSSR count). The van der Waals surface area contributed by atoms with Gasteiger partial charge in [-0.25, -0.2) is 4.98 Å². The van der Waals surface area contributed by atoms with E-state index in [1.165, 1.54) is 0 Å². The number of amides is 1. The van der Waals surface area contributed by atoms with Gasteiger partial charge in [-0.15, -0.1) is 0 Å². The van der Waals surface area contributed by atoms with Gasteiger partial charge >= 0.3 is 0 Å². The minimum atomic E-state index is -0.0388. The van der Waals surface area contributed by atoms with Crippen LogP contribution in [0.3, 0.4) is 0 Å². The van der Waals surface area contributed by atoms with Gasteiger partial charge in [0.25, 0.3) is 5.91 Å². The molecular formula is C8H7ClN2O. The number of carbonyl (C=O) groups is 1. The molecule has 0 N–H and O–H groups in total. The summed E-state index contributed by atoms with van der Waals surface area (Å²) in [4.78, 5) is 16.9. The Kier molecular flexibility index (Phi) is 1.54. The van der Waals surface area contributed by atoms with Crippen LogP contribution in [0.15, 0.2) is 12.3 Å². The van der Waals surface area contributed by atoms with Gasteiger partial charge in [0.1, 0.15) is 5.15 Å². The number of nitrogens with zero attached hydrogens (tertiary/aromatic N) is 2. The summed E-state index contributed by atoms with van der Waals surface area (Å²) in [5.74, 6) is -0.0388. The van der Waals surface area contributed by atoms with Crippen molar-refractivity contribution in [3.05, 3.63) is 28.5 Å². The molecule has 0 fully saturated rings. The molecule has 0 saturated heterocycles. The second-order valence-corrected chi connectivity index (χ2v) is 3.16. The normalized spacial score (nSPS) is 15.2. The molecule has 0 spiro atoms. The molecule has 3 nitrogen and oxygen atoms in total. The maximum Gasteiger partial charge on any atom is 0.257 e. The largest absolute Gasteiger partial charge is 0.337 e. The molecule has 4 heteroatoms. The Morgan fingerprint density at radius 2 is 2.42 bits per heavy atom. The molecule has 62 valence electrons. The first-order valence-corrected chi connectivity index (χ1v) is 3.97. The fraction of sp³-hybridized carbons (Fsp3) is 0.250. The second kappa shape index (κ2) is 2.45. The van der Waals surface area contributed by atoms with Crippen molar-refractivity contribution in [2.75, 3.05) is 7.05 Å². The zero-order chi connectivity index (χ0) is 8.72. The summed E-state index contributed by atoms with van der Waals surface area (Å²) in [6.07, 6.45) is 1.62. The van der Waals surface area contributed by atoms with Crippen molar-refractivity contribution in [2.24, 2.45) is 0 Å². The van der Waals surface area contributed by atoms with Gasteiger partial charge in [0, 0.05) is 19.8 Å². The predicted octanol–water partition coefficient (Wildman–Crippen LogP) is 1.32. The van der Waals surface area contributed by atoms with Crippen LogP contribution in [0, 0.1) is 0 Å². The van der Waals surface area contributed by atoms with E-state index in [0.29, 0.717) is 17.3 Å². The van der Waals surface area contributed by atoms with Crippen LogP contribution >= 0.6 is 11.6 Å². The van der Waals surface area contributed by atoms with Gasteiger partial charge < -0.3 is 4.90 Å². The number of hydrogen-bond donors (Lipinski definition) is 0. The summed E-state index contributed by atoms with van der Waals surface area (Å²) in [5.41, 5.74) is 1.52. The Hall–Kier alpha value is -1.09. The molecule has 0 unspecified atom stereocenters. The van der Waals surface area contributed by atoms with Gasteiger partial charge in [0.15, 0.2) is 0 Å². The minimum Gasteiger partial charge on any atom is -0.337 e. The molecule has 1 amide bonds. The Balaban J connectivity index is 2.62. The fourth-order valence-corrected chi connectivity index (χ4v) is 1.61. The Morgan fingerprint density at radius 3 is 3.08 bits per heavy atom. The third-order valence-electron chi connectivity index (χ3n) is 1.96. The van der Waals surface area contributed by atoms with Crippen LogP contribution in [0.4, 0.5) is 0 Å². The van der Waals surface area contributed by atoms with E-state index in [1.54, 1.807) is 18.1 Å². The zero-order valence-electron chi connectivity index (χ0n) is 6.54. The van der Waals surface area contributed by atoms with Gasteiger partial charge in [-0.05, 0) is 11.6 Å². The first-order chi connectivity index (χ1) is 5.70. The van der Waals surface area contributed by atoms with Gasteiger partial charge in [-0.1, -0.05) is 11.6 Å². The molecule has 0 bridgehead atoms. The molecule has 0 radical (unpaired) electrons. The summed E-state index contributed by atoms with van der Waals surface area (Å²) >= 11 is 5.77. The third-order valence-corrected chi connectivity index (χ3v) is 2.25. The Morgan fingerprint density at radius 1 is 1.67 bits per heavy atom. The molecular weight excluding hydrogens is 176 g/mol. The van der Waals surface area contributed by atoms with E-state index in [1.807, 2.05) is 6.07 Å². The molecule has 1 aromatic heterocycles. The van der Waals surface area contributed by atoms with E-state index in [-0.39, 0.29) is 5.91 Å². The van der Waals surface area contributed by atoms with Gasteiger partial charge in [-0.3, -0.25) is 4.79 Å². The van der Waals surface area contributed by atoms with Gasteiger partial charge in [0.2, 0.25) is 0 Å². The lowest BCUT2D eigenvalue weighted by molar-refractivity contribution is 0.0816. The highest BCUT2D eigenvalue weighted by atomic mass is 35.5. The molecule has 0 aliphatic carbocycles. The maximum absolute atomic E-state index is 11.4. The molecule has 0 aromatic carbocycles. The fourth-order valence-electron chi connectivity index (χ4n) is 1.35. The Labute approximate surface area is 75.0 Å². The molecule has 0 atom stereocenters. The van der Waals surface area contributed by atoms with Crippen molar-refractivity contribution >= 4 is 17.5 Å². The van der Waals surface area contributed by atoms with E-state index in [4.69, 9.17) is 11.6 Å². The summed E-state index contributed by atoms with van der Waals surface area (Å²) < 4.78 is 0. The van der Waals surface area contributed by atoms with Crippen molar-refractivity contribution in [2.45, 2.75) is 6.54 Å². The van der Waals surface area contributed by atoms with E-state index in [9.17, 15) is 4.79 Å². The van der Waals surface area contributed by atoms with E-state index in [0.717, 1.165) is 5.56 Å². The summed E-state index contributed by atoms with van der Waals surface area (Å²) in [5, 5.41) is 0.307. The summed E-state index contributed by atoms with van der Waals surface area (Å²) in [6, 6.07) is 1.82. The monoisotopic (exact) mass is 182 g/mol. The van der Waals surface area contributed by atoms with Crippen LogP contribution < -0.4 is 0 Å². The SMILES string of the molecule is CN1Cc2ccnc(Cl)c2C1=O. The third kappa shape index (κ3) is 0.898. The molecule has 2 heterocycles. The van der Waals surface area contributed by atoms with Crippen molar-refractivity contribution < 1.29 is 4.79 Å². The standard InChI is InChI=1S/C8H7ClN2O/c1-11-4-5-2-3-10-7(9)6(5)8(11)12/h2-3H,4H2,1H3. The molecule has 1 aliphatic rings. The first-order valence-electron chi connectivity index (χ1n) is 3.59. The van der Waals surface area contributed by atoms with Gasteiger partial charge in [0.05, 0.1) is 5.56 Å². The molecule has 12 heavy (non-hydrogen) atoms. The van der Waals surface area contributed by atoms with Crippen LogP contribution in [0.1, 0.15) is 15.9 Å². The van der Waals surface area contributed by atoms with E-state index >= 15 is 0 Å². The lowest BCUT2D eigenvalue weighted by Gasteiger charge is -2.04. The smallest absolute Gasteiger partial charge is 0.257 e. The maximum atomic E-state index is 11.4. The number of pyridine rings is 1. The van der Waals surface area contributed by atoms with Crippen LogP contribution in [0.2, 0.25) is 5.15 Å². The van der Waals surface area contributed by atoms with Crippen LogP contribution in [-0.2, 0) is 6.54 Å². The number of rotatable bonds is 0. The summed E-state index contributed by atoms with van der Waals surface area (Å²) in [6.45, 7) is 0.635. The summed E-state index contributed by atoms with van der Waals surface area (Å²) in [7, 11) is 1.75. The second-order valence-electron chi connectivity index (χ2n) is 2.80. The molecule has 1 aliphatic heterocycles. The van der Waals surface area contributed by atoms with Crippen molar-refractivity contribution in [1.29, 1.82) is 0 Å².